The molecule has 1 heterocycles. The van der Waals surface area contributed by atoms with Gasteiger partial charge in [0.05, 0.1) is 5.92 Å². The van der Waals surface area contributed by atoms with Crippen molar-refractivity contribution in [1.29, 1.82) is 0 Å². The summed E-state index contributed by atoms with van der Waals surface area (Å²) in [7, 11) is 2.07. The fraction of sp³-hybridized carbons (Fsp3) is 0.435. The standard InChI is InChI=1S/C23H30FN3O/c1-26(16-19-7-3-2-4-8-19)14-12-25-23(28)21-10-6-13-27(18-21)17-20-9-5-11-22(24)15-20/h2-5,7-9,11,15,21H,6,10,12-14,16-18H2,1H3,(H,25,28). The maximum absolute atomic E-state index is 13.4. The molecular formula is C23H30FN3O. The highest BCUT2D eigenvalue weighted by Crippen LogP contribution is 2.19. The highest BCUT2D eigenvalue weighted by Gasteiger charge is 2.25. The number of hydrogen-bond acceptors (Lipinski definition) is 3. The molecule has 4 nitrogen and oxygen atoms in total. The van der Waals surface area contributed by atoms with Crippen LogP contribution in [0.15, 0.2) is 54.6 Å². The molecule has 1 saturated heterocycles. The van der Waals surface area contributed by atoms with E-state index in [1.54, 1.807) is 12.1 Å². The van der Waals surface area contributed by atoms with Crippen LogP contribution in [-0.2, 0) is 17.9 Å². The maximum Gasteiger partial charge on any atom is 0.224 e. The molecule has 1 atom stereocenters. The second-order valence-corrected chi connectivity index (χ2v) is 7.72. The topological polar surface area (TPSA) is 35.6 Å². The van der Waals surface area contributed by atoms with E-state index in [4.69, 9.17) is 0 Å². The molecule has 1 fully saturated rings. The van der Waals surface area contributed by atoms with Gasteiger partial charge < -0.3 is 10.2 Å². The summed E-state index contributed by atoms with van der Waals surface area (Å²) in [5, 5.41) is 3.10. The molecule has 0 saturated carbocycles. The largest absolute Gasteiger partial charge is 0.355 e. The number of carbonyl (C=O) groups excluding carboxylic acids is 1. The summed E-state index contributed by atoms with van der Waals surface area (Å²) in [5.41, 5.74) is 2.24. The van der Waals surface area contributed by atoms with Gasteiger partial charge in [0.25, 0.3) is 0 Å². The smallest absolute Gasteiger partial charge is 0.224 e. The number of amides is 1. The summed E-state index contributed by atoms with van der Waals surface area (Å²) in [6.45, 7) is 4.74. The van der Waals surface area contributed by atoms with Gasteiger partial charge >= 0.3 is 0 Å². The molecule has 0 spiro atoms. The first kappa shape index (κ1) is 20.5. The number of carbonyl (C=O) groups is 1. The zero-order chi connectivity index (χ0) is 19.8. The number of halogens is 1. The molecule has 150 valence electrons. The molecule has 2 aromatic carbocycles. The minimum atomic E-state index is -0.205. The number of hydrogen-bond donors (Lipinski definition) is 1. The van der Waals surface area contributed by atoms with Gasteiger partial charge in [-0.3, -0.25) is 9.69 Å². The molecule has 28 heavy (non-hydrogen) atoms. The van der Waals surface area contributed by atoms with E-state index in [9.17, 15) is 9.18 Å². The van der Waals surface area contributed by atoms with E-state index >= 15 is 0 Å². The summed E-state index contributed by atoms with van der Waals surface area (Å²) in [4.78, 5) is 17.0. The minimum absolute atomic E-state index is 0.0155. The lowest BCUT2D eigenvalue weighted by atomic mass is 9.96. The highest BCUT2D eigenvalue weighted by atomic mass is 19.1. The van der Waals surface area contributed by atoms with Crippen LogP contribution in [0, 0.1) is 11.7 Å². The van der Waals surface area contributed by atoms with Crippen LogP contribution in [0.5, 0.6) is 0 Å². The van der Waals surface area contributed by atoms with Crippen LogP contribution in [0.4, 0.5) is 4.39 Å². The number of likely N-dealkylation sites (N-methyl/N-ethyl adjacent to an activating group) is 1. The molecule has 1 N–H and O–H groups in total. The van der Waals surface area contributed by atoms with Crippen LogP contribution in [0.1, 0.15) is 24.0 Å². The van der Waals surface area contributed by atoms with Crippen LogP contribution < -0.4 is 5.32 Å². The lowest BCUT2D eigenvalue weighted by Crippen LogP contribution is -2.44. The second kappa shape index (κ2) is 10.3. The van der Waals surface area contributed by atoms with Crippen LogP contribution in [0.3, 0.4) is 0 Å². The zero-order valence-corrected chi connectivity index (χ0v) is 16.6. The van der Waals surface area contributed by atoms with Crippen LogP contribution in [0.25, 0.3) is 0 Å². The van der Waals surface area contributed by atoms with Crippen molar-refractivity contribution >= 4 is 5.91 Å². The van der Waals surface area contributed by atoms with Crippen molar-refractivity contribution in [2.75, 3.05) is 33.2 Å². The summed E-state index contributed by atoms with van der Waals surface area (Å²) in [5.74, 6) is -0.0535. The van der Waals surface area contributed by atoms with E-state index in [0.717, 1.165) is 44.6 Å². The predicted molar refractivity (Wildman–Crippen MR) is 110 cm³/mol. The van der Waals surface area contributed by atoms with Gasteiger partial charge in [0.15, 0.2) is 0 Å². The Balaban J connectivity index is 1.40. The normalized spacial score (nSPS) is 17.6. The Labute approximate surface area is 167 Å². The quantitative estimate of drug-likeness (QED) is 0.760. The summed E-state index contributed by atoms with van der Waals surface area (Å²) in [6.07, 6.45) is 1.92. The van der Waals surface area contributed by atoms with Gasteiger partial charge in [0.2, 0.25) is 5.91 Å². The third kappa shape index (κ3) is 6.43. The van der Waals surface area contributed by atoms with E-state index < -0.39 is 0 Å². The van der Waals surface area contributed by atoms with E-state index in [2.05, 4.69) is 34.3 Å². The average Bonchev–Trinajstić information content (AvgIpc) is 2.69. The predicted octanol–water partition coefficient (Wildman–Crippen LogP) is 3.29. The molecule has 0 aliphatic carbocycles. The molecule has 1 unspecified atom stereocenters. The van der Waals surface area contributed by atoms with Crippen molar-refractivity contribution in [3.8, 4) is 0 Å². The number of likely N-dealkylation sites (tertiary alicyclic amines) is 1. The SMILES string of the molecule is CN(CCNC(=O)C1CCCN(Cc2cccc(F)c2)C1)Cc1ccccc1. The van der Waals surface area contributed by atoms with Crippen LogP contribution >= 0.6 is 0 Å². The third-order valence-corrected chi connectivity index (χ3v) is 5.26. The maximum atomic E-state index is 13.4. The summed E-state index contributed by atoms with van der Waals surface area (Å²) in [6, 6.07) is 17.1. The molecule has 5 heteroatoms. The molecule has 1 amide bonds. The monoisotopic (exact) mass is 383 g/mol. The van der Waals surface area contributed by atoms with Crippen LogP contribution in [0.2, 0.25) is 0 Å². The van der Waals surface area contributed by atoms with Gasteiger partial charge in [-0.05, 0) is 49.7 Å². The Morgan fingerprint density at radius 3 is 2.75 bits per heavy atom. The Morgan fingerprint density at radius 1 is 1.18 bits per heavy atom. The molecule has 1 aliphatic heterocycles. The molecule has 3 rings (SSSR count). The van der Waals surface area contributed by atoms with Crippen molar-refractivity contribution in [2.45, 2.75) is 25.9 Å². The van der Waals surface area contributed by atoms with Crippen molar-refractivity contribution in [1.82, 2.24) is 15.1 Å². The second-order valence-electron chi connectivity index (χ2n) is 7.72. The average molecular weight is 384 g/mol. The summed E-state index contributed by atoms with van der Waals surface area (Å²) >= 11 is 0. The van der Waals surface area contributed by atoms with Gasteiger partial charge in [-0.25, -0.2) is 4.39 Å². The Hall–Kier alpha value is -2.24. The fourth-order valence-corrected chi connectivity index (χ4v) is 3.80. The van der Waals surface area contributed by atoms with Crippen molar-refractivity contribution in [2.24, 2.45) is 5.92 Å². The lowest BCUT2D eigenvalue weighted by Gasteiger charge is -2.32. The van der Waals surface area contributed by atoms with Crippen molar-refractivity contribution < 1.29 is 9.18 Å². The number of nitrogens with one attached hydrogen (secondary N) is 1. The summed E-state index contributed by atoms with van der Waals surface area (Å²) < 4.78 is 13.4. The number of benzene rings is 2. The first-order valence-electron chi connectivity index (χ1n) is 10.1. The van der Waals surface area contributed by atoms with Crippen LogP contribution in [-0.4, -0.2) is 48.9 Å². The number of piperidine rings is 1. The van der Waals surface area contributed by atoms with E-state index in [1.165, 1.54) is 11.6 Å². The van der Waals surface area contributed by atoms with Crippen molar-refractivity contribution in [3.05, 3.63) is 71.5 Å². The Kier molecular flexibility index (Phi) is 7.57. The number of rotatable bonds is 8. The zero-order valence-electron chi connectivity index (χ0n) is 16.6. The lowest BCUT2D eigenvalue weighted by molar-refractivity contribution is -0.126. The number of nitrogens with zero attached hydrogens (tertiary/aromatic N) is 2. The van der Waals surface area contributed by atoms with Gasteiger partial charge in [0, 0.05) is 32.7 Å². The van der Waals surface area contributed by atoms with Gasteiger partial charge in [0.1, 0.15) is 5.82 Å². The fourth-order valence-electron chi connectivity index (χ4n) is 3.80. The van der Waals surface area contributed by atoms with Gasteiger partial charge in [-0.1, -0.05) is 42.5 Å². The van der Waals surface area contributed by atoms with Gasteiger partial charge in [-0.2, -0.15) is 0 Å². The highest BCUT2D eigenvalue weighted by molar-refractivity contribution is 5.78. The van der Waals surface area contributed by atoms with E-state index in [-0.39, 0.29) is 17.6 Å². The Bertz CT molecular complexity index is 753. The molecular weight excluding hydrogens is 353 g/mol. The van der Waals surface area contributed by atoms with Gasteiger partial charge in [-0.15, -0.1) is 0 Å². The third-order valence-electron chi connectivity index (χ3n) is 5.26. The minimum Gasteiger partial charge on any atom is -0.355 e. The first-order valence-corrected chi connectivity index (χ1v) is 10.1. The molecule has 2 aromatic rings. The first-order chi connectivity index (χ1) is 13.6. The molecule has 0 aromatic heterocycles. The van der Waals surface area contributed by atoms with E-state index in [1.807, 2.05) is 24.3 Å². The molecule has 0 bridgehead atoms. The van der Waals surface area contributed by atoms with E-state index in [0.29, 0.717) is 13.1 Å². The Morgan fingerprint density at radius 2 is 1.96 bits per heavy atom. The molecule has 0 radical (unpaired) electrons. The van der Waals surface area contributed by atoms with Crippen molar-refractivity contribution in [3.63, 3.8) is 0 Å². The molecule has 1 aliphatic rings.